The molecule has 0 aliphatic heterocycles. The zero-order chi connectivity index (χ0) is 21.2. The van der Waals surface area contributed by atoms with Gasteiger partial charge in [0.25, 0.3) is 0 Å². The molecule has 0 saturated heterocycles. The first kappa shape index (κ1) is 20.0. The van der Waals surface area contributed by atoms with Gasteiger partial charge < -0.3 is 10.1 Å². The summed E-state index contributed by atoms with van der Waals surface area (Å²) in [7, 11) is 0. The molecule has 0 radical (unpaired) electrons. The number of pyridine rings is 1. The highest BCUT2D eigenvalue weighted by molar-refractivity contribution is 7.13. The molecule has 1 fully saturated rings. The van der Waals surface area contributed by atoms with Gasteiger partial charge >= 0.3 is 0 Å². The van der Waals surface area contributed by atoms with Gasteiger partial charge in [-0.25, -0.2) is 9.97 Å². The van der Waals surface area contributed by atoms with Crippen molar-refractivity contribution < 1.29 is 4.74 Å². The number of anilines is 1. The first-order valence-electron chi connectivity index (χ1n) is 10.0. The summed E-state index contributed by atoms with van der Waals surface area (Å²) in [6, 6.07) is 6.04. The normalized spacial score (nSPS) is 17.5. The fourth-order valence-electron chi connectivity index (χ4n) is 3.38. The van der Waals surface area contributed by atoms with Gasteiger partial charge in [-0.15, -0.1) is 21.5 Å². The lowest BCUT2D eigenvalue weighted by molar-refractivity contribution is 0.284. The fourth-order valence-corrected chi connectivity index (χ4v) is 4.66. The van der Waals surface area contributed by atoms with E-state index in [4.69, 9.17) is 4.74 Å². The molecule has 10 heteroatoms. The standard InChI is InChI=1S/C21H21N7OS2/c1-12-25-18(24-10-20-28-27-13(2)31-20)8-19(26-12)29-11-15-7-16(15)17-4-3-14(9-23-17)21-22-5-6-30-21/h3-6,8-9,15-16H,7,10-11H2,1-2H3,(H,24,25,26)/t15-,16+/m1/s1. The first-order chi connectivity index (χ1) is 15.1. The SMILES string of the molecule is Cc1nc(NCc2nnc(C)s2)cc(OC[C@H]2C[C@@H]2c2ccc(-c3nccs3)cn2)n1. The summed E-state index contributed by atoms with van der Waals surface area (Å²) in [5.41, 5.74) is 2.18. The molecule has 5 rings (SSSR count). The molecule has 4 aromatic rings. The highest BCUT2D eigenvalue weighted by atomic mass is 32.1. The zero-order valence-electron chi connectivity index (χ0n) is 17.1. The Morgan fingerprint density at radius 2 is 2.10 bits per heavy atom. The van der Waals surface area contributed by atoms with Crippen LogP contribution in [0.25, 0.3) is 10.6 Å². The van der Waals surface area contributed by atoms with E-state index in [9.17, 15) is 0 Å². The van der Waals surface area contributed by atoms with E-state index < -0.39 is 0 Å². The lowest BCUT2D eigenvalue weighted by Crippen LogP contribution is -2.07. The van der Waals surface area contributed by atoms with Gasteiger partial charge in [-0.1, -0.05) is 11.3 Å². The topological polar surface area (TPSA) is 98.6 Å². The summed E-state index contributed by atoms with van der Waals surface area (Å²) in [4.78, 5) is 17.8. The van der Waals surface area contributed by atoms with Crippen molar-refractivity contribution in [3.05, 3.63) is 57.5 Å². The van der Waals surface area contributed by atoms with E-state index in [1.54, 1.807) is 22.7 Å². The number of rotatable bonds is 8. The number of ether oxygens (including phenoxy) is 1. The average molecular weight is 452 g/mol. The molecule has 2 atom stereocenters. The molecule has 158 valence electrons. The molecule has 1 aliphatic carbocycles. The summed E-state index contributed by atoms with van der Waals surface area (Å²) in [5.74, 6) is 2.87. The quantitative estimate of drug-likeness (QED) is 0.424. The monoisotopic (exact) mass is 451 g/mol. The molecule has 8 nitrogen and oxygen atoms in total. The lowest BCUT2D eigenvalue weighted by atomic mass is 10.2. The van der Waals surface area contributed by atoms with Crippen molar-refractivity contribution in [2.75, 3.05) is 11.9 Å². The second kappa shape index (κ2) is 8.64. The Balaban J connectivity index is 1.16. The van der Waals surface area contributed by atoms with Crippen molar-refractivity contribution in [1.29, 1.82) is 0 Å². The zero-order valence-corrected chi connectivity index (χ0v) is 18.8. The van der Waals surface area contributed by atoms with E-state index in [1.165, 1.54) is 0 Å². The minimum atomic E-state index is 0.437. The van der Waals surface area contributed by atoms with E-state index in [2.05, 4.69) is 47.6 Å². The Morgan fingerprint density at radius 3 is 2.84 bits per heavy atom. The van der Waals surface area contributed by atoms with Gasteiger partial charge in [0.05, 0.1) is 13.2 Å². The van der Waals surface area contributed by atoms with E-state index >= 15 is 0 Å². The summed E-state index contributed by atoms with van der Waals surface area (Å²) in [6.07, 6.45) is 4.81. The first-order valence-corrected chi connectivity index (χ1v) is 11.7. The Labute approximate surface area is 187 Å². The maximum atomic E-state index is 5.99. The van der Waals surface area contributed by atoms with Crippen molar-refractivity contribution in [3.63, 3.8) is 0 Å². The molecule has 0 unspecified atom stereocenters. The van der Waals surface area contributed by atoms with E-state index in [0.717, 1.165) is 38.5 Å². The molecule has 1 aliphatic rings. The van der Waals surface area contributed by atoms with Gasteiger partial charge in [0.2, 0.25) is 5.88 Å². The van der Waals surface area contributed by atoms with Crippen molar-refractivity contribution in [3.8, 4) is 16.5 Å². The average Bonchev–Trinajstić information content (AvgIpc) is 3.12. The van der Waals surface area contributed by atoms with Crippen molar-refractivity contribution >= 4 is 28.5 Å². The predicted molar refractivity (Wildman–Crippen MR) is 120 cm³/mol. The predicted octanol–water partition coefficient (Wildman–Crippen LogP) is 4.26. The van der Waals surface area contributed by atoms with Gasteiger partial charge in [-0.3, -0.25) is 4.98 Å². The van der Waals surface area contributed by atoms with Crippen LogP contribution in [0.15, 0.2) is 36.0 Å². The van der Waals surface area contributed by atoms with Gasteiger partial charge in [-0.2, -0.15) is 4.98 Å². The third-order valence-electron chi connectivity index (χ3n) is 5.02. The second-order valence-corrected chi connectivity index (χ2v) is 9.59. The molecule has 4 aromatic heterocycles. The number of hydrogen-bond acceptors (Lipinski definition) is 10. The molecule has 0 amide bonds. The van der Waals surface area contributed by atoms with Gasteiger partial charge in [0, 0.05) is 46.9 Å². The van der Waals surface area contributed by atoms with Crippen LogP contribution < -0.4 is 10.1 Å². The highest BCUT2D eigenvalue weighted by Gasteiger charge is 2.40. The summed E-state index contributed by atoms with van der Waals surface area (Å²) >= 11 is 3.19. The van der Waals surface area contributed by atoms with Crippen LogP contribution >= 0.6 is 22.7 Å². The van der Waals surface area contributed by atoms with Gasteiger partial charge in [0.1, 0.15) is 26.7 Å². The van der Waals surface area contributed by atoms with Gasteiger partial charge in [-0.05, 0) is 32.4 Å². The highest BCUT2D eigenvalue weighted by Crippen LogP contribution is 2.47. The Morgan fingerprint density at radius 1 is 1.16 bits per heavy atom. The largest absolute Gasteiger partial charge is 0.477 e. The third-order valence-corrected chi connectivity index (χ3v) is 6.68. The lowest BCUT2D eigenvalue weighted by Gasteiger charge is -2.09. The molecule has 1 N–H and O–H groups in total. The number of hydrogen-bond donors (Lipinski definition) is 1. The van der Waals surface area contributed by atoms with Crippen LogP contribution in [0, 0.1) is 19.8 Å². The number of nitrogens with zero attached hydrogens (tertiary/aromatic N) is 6. The van der Waals surface area contributed by atoms with Crippen LogP contribution in [0.4, 0.5) is 5.82 Å². The van der Waals surface area contributed by atoms with Crippen LogP contribution in [0.1, 0.15) is 33.9 Å². The van der Waals surface area contributed by atoms with Crippen LogP contribution in [0.5, 0.6) is 5.88 Å². The molecule has 0 bridgehead atoms. The van der Waals surface area contributed by atoms with E-state index in [-0.39, 0.29) is 0 Å². The maximum Gasteiger partial charge on any atom is 0.218 e. The molecule has 1 saturated carbocycles. The van der Waals surface area contributed by atoms with Crippen LogP contribution in [-0.4, -0.2) is 36.7 Å². The maximum absolute atomic E-state index is 5.99. The van der Waals surface area contributed by atoms with Crippen LogP contribution in [0.2, 0.25) is 0 Å². The molecule has 0 aromatic carbocycles. The number of aromatic nitrogens is 6. The molecular formula is C21H21N7OS2. The Hall–Kier alpha value is -2.98. The molecule has 31 heavy (non-hydrogen) atoms. The van der Waals surface area contributed by atoms with Crippen LogP contribution in [-0.2, 0) is 6.54 Å². The van der Waals surface area contributed by atoms with E-state index in [0.29, 0.717) is 36.7 Å². The smallest absolute Gasteiger partial charge is 0.218 e. The third kappa shape index (κ3) is 4.86. The summed E-state index contributed by atoms with van der Waals surface area (Å²) in [6.45, 7) is 5.00. The summed E-state index contributed by atoms with van der Waals surface area (Å²) < 4.78 is 5.99. The van der Waals surface area contributed by atoms with Crippen molar-refractivity contribution in [2.24, 2.45) is 5.92 Å². The number of thiazole rings is 1. The van der Waals surface area contributed by atoms with Crippen molar-refractivity contribution in [2.45, 2.75) is 32.7 Å². The van der Waals surface area contributed by atoms with Gasteiger partial charge in [0.15, 0.2) is 0 Å². The molecular weight excluding hydrogens is 430 g/mol. The van der Waals surface area contributed by atoms with Crippen LogP contribution in [0.3, 0.4) is 0 Å². The number of nitrogens with one attached hydrogen (secondary N) is 1. The minimum Gasteiger partial charge on any atom is -0.477 e. The summed E-state index contributed by atoms with van der Waals surface area (Å²) in [5, 5.41) is 16.3. The minimum absolute atomic E-state index is 0.437. The second-order valence-electron chi connectivity index (χ2n) is 7.43. The Bertz CT molecular complexity index is 1160. The fraction of sp³-hybridized carbons (Fsp3) is 0.333. The van der Waals surface area contributed by atoms with Crippen molar-refractivity contribution in [1.82, 2.24) is 30.1 Å². The Kier molecular flexibility index (Phi) is 5.56. The van der Waals surface area contributed by atoms with E-state index in [1.807, 2.05) is 37.7 Å². The number of aryl methyl sites for hydroxylation is 2. The molecule has 0 spiro atoms. The molecule has 4 heterocycles.